The van der Waals surface area contributed by atoms with Gasteiger partial charge in [-0.1, -0.05) is 0 Å². The van der Waals surface area contributed by atoms with E-state index in [1.54, 1.807) is 18.4 Å². The van der Waals surface area contributed by atoms with E-state index in [1.165, 1.54) is 18.6 Å². The highest BCUT2D eigenvalue weighted by molar-refractivity contribution is 5.52. The lowest BCUT2D eigenvalue weighted by Gasteiger charge is -2.33. The molecule has 1 aliphatic carbocycles. The maximum Gasteiger partial charge on any atom is 0.226 e. The largest absolute Gasteiger partial charge is 0.444 e. The van der Waals surface area contributed by atoms with Crippen molar-refractivity contribution in [2.75, 3.05) is 6.61 Å². The number of hydrogen-bond acceptors (Lipinski definition) is 5. The molecule has 1 saturated carbocycles. The van der Waals surface area contributed by atoms with Crippen LogP contribution >= 0.6 is 0 Å². The fraction of sp³-hybridized carbons (Fsp3) is 0.571. The zero-order valence-electron chi connectivity index (χ0n) is 15.4. The fourth-order valence-electron chi connectivity index (χ4n) is 3.71. The summed E-state index contributed by atoms with van der Waals surface area (Å²) in [6.45, 7) is 1.21. The van der Waals surface area contributed by atoms with Gasteiger partial charge < -0.3 is 18.6 Å². The Balaban J connectivity index is 1.26. The van der Waals surface area contributed by atoms with E-state index < -0.39 is 0 Å². The first-order valence-electron chi connectivity index (χ1n) is 9.85. The Labute approximate surface area is 158 Å². The van der Waals surface area contributed by atoms with Crippen LogP contribution in [0.25, 0.3) is 11.5 Å². The Morgan fingerprint density at radius 1 is 1.04 bits per heavy atom. The summed E-state index contributed by atoms with van der Waals surface area (Å²) < 4.78 is 36.4. The van der Waals surface area contributed by atoms with Crippen molar-refractivity contribution in [3.8, 4) is 11.5 Å². The summed E-state index contributed by atoms with van der Waals surface area (Å²) in [6.07, 6.45) is 9.33. The quantitative estimate of drug-likeness (QED) is 0.722. The lowest BCUT2D eigenvalue weighted by Crippen LogP contribution is -2.33. The van der Waals surface area contributed by atoms with Crippen LogP contribution in [0.2, 0.25) is 0 Å². The first kappa shape index (κ1) is 18.6. The SMILES string of the molecule is Fc1ccc(-c2nc(CO[C@H]3CCC[C@@H](OC4CCCCO4)C3)co2)cc1. The molecule has 1 aliphatic heterocycles. The highest BCUT2D eigenvalue weighted by atomic mass is 19.1. The van der Waals surface area contributed by atoms with Gasteiger partial charge in [0.2, 0.25) is 5.89 Å². The topological polar surface area (TPSA) is 53.7 Å². The third kappa shape index (κ3) is 5.15. The maximum absolute atomic E-state index is 13.0. The minimum absolute atomic E-state index is 0.0451. The molecule has 3 atom stereocenters. The van der Waals surface area contributed by atoms with Crippen molar-refractivity contribution in [1.82, 2.24) is 4.98 Å². The van der Waals surface area contributed by atoms with Crippen molar-refractivity contribution in [2.24, 2.45) is 0 Å². The molecule has 2 heterocycles. The van der Waals surface area contributed by atoms with Crippen molar-refractivity contribution >= 4 is 0 Å². The molecule has 1 saturated heterocycles. The Morgan fingerprint density at radius 3 is 2.70 bits per heavy atom. The fourth-order valence-corrected chi connectivity index (χ4v) is 3.71. The highest BCUT2D eigenvalue weighted by Crippen LogP contribution is 2.27. The van der Waals surface area contributed by atoms with E-state index >= 15 is 0 Å². The Kier molecular flexibility index (Phi) is 6.17. The molecule has 1 aromatic heterocycles. The second kappa shape index (κ2) is 8.95. The van der Waals surface area contributed by atoms with Crippen molar-refractivity contribution < 1.29 is 23.0 Å². The molecule has 0 amide bonds. The van der Waals surface area contributed by atoms with Crippen molar-refractivity contribution in [3.63, 3.8) is 0 Å². The molecule has 2 aromatic rings. The van der Waals surface area contributed by atoms with Gasteiger partial charge in [-0.15, -0.1) is 0 Å². The van der Waals surface area contributed by atoms with Crippen LogP contribution in [-0.2, 0) is 20.8 Å². The van der Waals surface area contributed by atoms with Crippen molar-refractivity contribution in [3.05, 3.63) is 42.0 Å². The number of oxazole rings is 1. The van der Waals surface area contributed by atoms with Crippen LogP contribution in [0.1, 0.15) is 50.6 Å². The second-order valence-corrected chi connectivity index (χ2v) is 7.30. The van der Waals surface area contributed by atoms with Gasteiger partial charge in [-0.05, 0) is 69.2 Å². The maximum atomic E-state index is 13.0. The highest BCUT2D eigenvalue weighted by Gasteiger charge is 2.27. The molecule has 4 rings (SSSR count). The van der Waals surface area contributed by atoms with E-state index in [-0.39, 0.29) is 24.3 Å². The number of halogens is 1. The van der Waals surface area contributed by atoms with Gasteiger partial charge in [-0.2, -0.15) is 0 Å². The normalized spacial score (nSPS) is 26.2. The molecule has 2 fully saturated rings. The third-order valence-electron chi connectivity index (χ3n) is 5.17. The van der Waals surface area contributed by atoms with Gasteiger partial charge in [0.25, 0.3) is 0 Å². The molecular formula is C21H26FNO4. The van der Waals surface area contributed by atoms with Crippen LogP contribution in [0, 0.1) is 5.82 Å². The van der Waals surface area contributed by atoms with Crippen LogP contribution in [0.3, 0.4) is 0 Å². The van der Waals surface area contributed by atoms with Crippen LogP contribution in [0.15, 0.2) is 34.9 Å². The van der Waals surface area contributed by atoms with Crippen molar-refractivity contribution in [1.29, 1.82) is 0 Å². The van der Waals surface area contributed by atoms with Crippen molar-refractivity contribution in [2.45, 2.75) is 70.1 Å². The predicted molar refractivity (Wildman–Crippen MR) is 97.4 cm³/mol. The second-order valence-electron chi connectivity index (χ2n) is 7.30. The summed E-state index contributed by atoms with van der Waals surface area (Å²) >= 11 is 0. The smallest absolute Gasteiger partial charge is 0.226 e. The zero-order valence-corrected chi connectivity index (χ0v) is 15.4. The molecule has 6 heteroatoms. The van der Waals surface area contributed by atoms with Gasteiger partial charge in [0.15, 0.2) is 6.29 Å². The van der Waals surface area contributed by atoms with Gasteiger partial charge in [0, 0.05) is 12.2 Å². The lowest BCUT2D eigenvalue weighted by atomic mass is 9.94. The van der Waals surface area contributed by atoms with Gasteiger partial charge in [-0.3, -0.25) is 0 Å². The molecule has 0 N–H and O–H groups in total. The summed E-state index contributed by atoms with van der Waals surface area (Å²) in [5, 5.41) is 0. The average Bonchev–Trinajstić information content (AvgIpc) is 3.17. The molecule has 1 unspecified atom stereocenters. The van der Waals surface area contributed by atoms with Gasteiger partial charge >= 0.3 is 0 Å². The Hall–Kier alpha value is -1.76. The van der Waals surface area contributed by atoms with E-state index in [0.717, 1.165) is 56.4 Å². The average molecular weight is 375 g/mol. The minimum Gasteiger partial charge on any atom is -0.444 e. The van der Waals surface area contributed by atoms with E-state index in [4.69, 9.17) is 18.6 Å². The summed E-state index contributed by atoms with van der Waals surface area (Å²) in [5.74, 6) is 0.203. The third-order valence-corrected chi connectivity index (χ3v) is 5.17. The summed E-state index contributed by atoms with van der Waals surface area (Å²) in [7, 11) is 0. The molecular weight excluding hydrogens is 349 g/mol. The molecule has 0 spiro atoms. The van der Waals surface area contributed by atoms with Gasteiger partial charge in [0.05, 0.1) is 18.8 Å². The van der Waals surface area contributed by atoms with E-state index in [0.29, 0.717) is 12.5 Å². The Morgan fingerprint density at radius 2 is 1.89 bits per heavy atom. The molecule has 5 nitrogen and oxygen atoms in total. The van der Waals surface area contributed by atoms with Crippen LogP contribution in [-0.4, -0.2) is 30.1 Å². The minimum atomic E-state index is -0.276. The standard InChI is InChI=1S/C21H26FNO4/c22-16-9-7-15(8-10-16)21-23-17(14-26-21)13-25-18-4-3-5-19(12-18)27-20-6-1-2-11-24-20/h7-10,14,18-20H,1-6,11-13H2/t18-,19+,20?/m0/s1. The predicted octanol–water partition coefficient (Wildman–Crippen LogP) is 4.85. The monoisotopic (exact) mass is 375 g/mol. The van der Waals surface area contributed by atoms with E-state index in [2.05, 4.69) is 4.98 Å². The van der Waals surface area contributed by atoms with Crippen LogP contribution in [0.5, 0.6) is 0 Å². The summed E-state index contributed by atoms with van der Waals surface area (Å²) in [5.41, 5.74) is 1.49. The summed E-state index contributed by atoms with van der Waals surface area (Å²) in [6, 6.07) is 6.10. The number of hydrogen-bond donors (Lipinski definition) is 0. The van der Waals surface area contributed by atoms with E-state index in [1.807, 2.05) is 0 Å². The zero-order chi connectivity index (χ0) is 18.5. The first-order chi connectivity index (χ1) is 13.3. The number of rotatable bonds is 6. The molecule has 2 aliphatic rings. The first-order valence-corrected chi connectivity index (χ1v) is 9.85. The van der Waals surface area contributed by atoms with Gasteiger partial charge in [-0.25, -0.2) is 9.37 Å². The molecule has 1 aromatic carbocycles. The number of ether oxygens (including phenoxy) is 3. The Bertz CT molecular complexity index is 711. The number of aromatic nitrogens is 1. The number of benzene rings is 1. The van der Waals surface area contributed by atoms with E-state index in [9.17, 15) is 4.39 Å². The molecule has 0 radical (unpaired) electrons. The number of nitrogens with zero attached hydrogens (tertiary/aromatic N) is 1. The molecule has 0 bridgehead atoms. The van der Waals surface area contributed by atoms with Gasteiger partial charge in [0.1, 0.15) is 17.8 Å². The lowest BCUT2D eigenvalue weighted by molar-refractivity contribution is -0.200. The molecule has 146 valence electrons. The van der Waals surface area contributed by atoms with Crippen LogP contribution in [0.4, 0.5) is 4.39 Å². The van der Waals surface area contributed by atoms with Crippen LogP contribution < -0.4 is 0 Å². The molecule has 27 heavy (non-hydrogen) atoms. The summed E-state index contributed by atoms with van der Waals surface area (Å²) in [4.78, 5) is 4.44.